The Kier molecular flexibility index (Phi) is 3.19. The van der Waals surface area contributed by atoms with E-state index in [0.717, 1.165) is 0 Å². The molecule has 0 saturated heterocycles. The minimum Gasteiger partial charge on any atom is -0.480 e. The molecule has 0 amide bonds. The quantitative estimate of drug-likeness (QED) is 0.793. The normalized spacial score (nSPS) is 14.8. The smallest absolute Gasteiger partial charge is 0.323 e. The van der Waals surface area contributed by atoms with Crippen molar-refractivity contribution < 1.29 is 14.1 Å². The Labute approximate surface area is 78.9 Å². The largest absolute Gasteiger partial charge is 0.480 e. The lowest BCUT2D eigenvalue weighted by Crippen LogP contribution is -2.15. The van der Waals surface area contributed by atoms with Crippen LogP contribution in [-0.2, 0) is 15.6 Å². The van der Waals surface area contributed by atoms with Crippen molar-refractivity contribution in [3.05, 3.63) is 35.9 Å². The molecule has 3 nitrogen and oxygen atoms in total. The van der Waals surface area contributed by atoms with Gasteiger partial charge in [0.25, 0.3) is 0 Å². The molecule has 0 fully saturated rings. The number of carboxylic acids is 1. The maximum absolute atomic E-state index is 11.1. The van der Waals surface area contributed by atoms with Crippen LogP contribution in [0.1, 0.15) is 10.8 Å². The molecule has 0 aromatic heterocycles. The van der Waals surface area contributed by atoms with Crippen molar-refractivity contribution in [1.82, 2.24) is 0 Å². The first-order valence-electron chi connectivity index (χ1n) is 3.73. The lowest BCUT2D eigenvalue weighted by Gasteiger charge is -2.08. The molecule has 1 N–H and O–H groups in total. The van der Waals surface area contributed by atoms with Gasteiger partial charge in [-0.25, -0.2) is 0 Å². The first-order chi connectivity index (χ1) is 6.13. The molecule has 0 saturated carbocycles. The molecule has 0 bridgehead atoms. The molecule has 13 heavy (non-hydrogen) atoms. The summed E-state index contributed by atoms with van der Waals surface area (Å²) in [6.45, 7) is 0. The molecule has 0 aliphatic heterocycles. The van der Waals surface area contributed by atoms with E-state index >= 15 is 0 Å². The highest BCUT2D eigenvalue weighted by atomic mass is 32.2. The molecule has 0 aliphatic carbocycles. The molecule has 1 unspecified atom stereocenters. The number of hydrogen-bond donors (Lipinski definition) is 1. The van der Waals surface area contributed by atoms with Gasteiger partial charge in [-0.05, 0) is 5.56 Å². The second-order valence-corrected chi connectivity index (χ2v) is 4.10. The van der Waals surface area contributed by atoms with Gasteiger partial charge in [0.05, 0.1) is 0 Å². The third-order valence-electron chi connectivity index (χ3n) is 1.66. The van der Waals surface area contributed by atoms with Gasteiger partial charge in [-0.2, -0.15) is 0 Å². The van der Waals surface area contributed by atoms with Crippen molar-refractivity contribution in [2.45, 2.75) is 5.25 Å². The fourth-order valence-electron chi connectivity index (χ4n) is 1.10. The second kappa shape index (κ2) is 4.18. The van der Waals surface area contributed by atoms with E-state index in [0.29, 0.717) is 5.56 Å². The van der Waals surface area contributed by atoms with E-state index in [4.69, 9.17) is 5.11 Å². The molecule has 0 radical (unpaired) electrons. The Hall–Kier alpha value is -1.16. The summed E-state index contributed by atoms with van der Waals surface area (Å²) in [6, 6.07) is 8.59. The third kappa shape index (κ3) is 2.39. The number of hydrogen-bond acceptors (Lipinski definition) is 2. The van der Waals surface area contributed by atoms with Gasteiger partial charge in [-0.1, -0.05) is 30.3 Å². The van der Waals surface area contributed by atoms with E-state index in [1.54, 1.807) is 30.3 Å². The molecule has 4 heteroatoms. The second-order valence-electron chi connectivity index (χ2n) is 2.63. The van der Waals surface area contributed by atoms with Crippen LogP contribution in [0.25, 0.3) is 0 Å². The van der Waals surface area contributed by atoms with E-state index in [-0.39, 0.29) is 0 Å². The molecular formula is C9H10O3S. The molecular weight excluding hydrogens is 188 g/mol. The zero-order valence-electron chi connectivity index (χ0n) is 7.14. The Bertz CT molecular complexity index is 307. The van der Waals surface area contributed by atoms with Gasteiger partial charge in [0.2, 0.25) is 0 Å². The Balaban J connectivity index is 3.03. The van der Waals surface area contributed by atoms with Crippen LogP contribution in [-0.4, -0.2) is 21.5 Å². The lowest BCUT2D eigenvalue weighted by molar-refractivity contribution is -0.136. The molecule has 0 spiro atoms. The van der Waals surface area contributed by atoms with Gasteiger partial charge >= 0.3 is 5.97 Å². The van der Waals surface area contributed by atoms with Crippen LogP contribution in [0, 0.1) is 0 Å². The van der Waals surface area contributed by atoms with Gasteiger partial charge in [0.15, 0.2) is 5.25 Å². The standard InChI is InChI=1S/C9H10O3S/c1-13(12)8(9(10)11)7-5-3-2-4-6-7/h2-6,8H,1H3,(H,10,11)/t8-,13?/m1/s1. The van der Waals surface area contributed by atoms with Crippen molar-refractivity contribution >= 4 is 16.8 Å². The maximum Gasteiger partial charge on any atom is 0.323 e. The van der Waals surface area contributed by atoms with Crippen LogP contribution in [0.2, 0.25) is 0 Å². The van der Waals surface area contributed by atoms with Gasteiger partial charge in [0.1, 0.15) is 0 Å². The van der Waals surface area contributed by atoms with Crippen molar-refractivity contribution in [3.63, 3.8) is 0 Å². The molecule has 1 aromatic rings. The molecule has 0 aliphatic rings. The van der Waals surface area contributed by atoms with Gasteiger partial charge in [-0.3, -0.25) is 9.00 Å². The Morgan fingerprint density at radius 1 is 1.38 bits per heavy atom. The van der Waals surface area contributed by atoms with E-state index in [1.165, 1.54) is 6.26 Å². The zero-order chi connectivity index (χ0) is 9.84. The lowest BCUT2D eigenvalue weighted by atomic mass is 10.1. The summed E-state index contributed by atoms with van der Waals surface area (Å²) >= 11 is 0. The third-order valence-corrected chi connectivity index (χ3v) is 2.80. The minimum absolute atomic E-state index is 0.579. The highest BCUT2D eigenvalue weighted by Gasteiger charge is 2.22. The minimum atomic E-state index is -1.38. The fraction of sp³-hybridized carbons (Fsp3) is 0.222. The van der Waals surface area contributed by atoms with E-state index < -0.39 is 22.0 Å². The summed E-state index contributed by atoms with van der Waals surface area (Å²) in [7, 11) is -1.38. The summed E-state index contributed by atoms with van der Waals surface area (Å²) in [4.78, 5) is 10.7. The van der Waals surface area contributed by atoms with Crippen molar-refractivity contribution in [1.29, 1.82) is 0 Å². The summed E-state index contributed by atoms with van der Waals surface area (Å²) in [5.41, 5.74) is 0.579. The number of benzene rings is 1. The monoisotopic (exact) mass is 198 g/mol. The van der Waals surface area contributed by atoms with Crippen LogP contribution >= 0.6 is 0 Å². The predicted octanol–water partition coefficient (Wildman–Crippen LogP) is 1.19. The average Bonchev–Trinajstić information content (AvgIpc) is 2.04. The highest BCUT2D eigenvalue weighted by molar-refractivity contribution is 7.85. The Morgan fingerprint density at radius 3 is 2.31 bits per heavy atom. The van der Waals surface area contributed by atoms with E-state index in [1.807, 2.05) is 0 Å². The Morgan fingerprint density at radius 2 is 1.92 bits per heavy atom. The predicted molar refractivity (Wildman–Crippen MR) is 50.9 cm³/mol. The molecule has 1 aromatic carbocycles. The summed E-state index contributed by atoms with van der Waals surface area (Å²) in [6.07, 6.45) is 1.39. The molecule has 2 atom stereocenters. The summed E-state index contributed by atoms with van der Waals surface area (Å²) in [5.74, 6) is -1.05. The molecule has 70 valence electrons. The van der Waals surface area contributed by atoms with Crippen LogP contribution in [0.15, 0.2) is 30.3 Å². The number of carbonyl (C=O) groups is 1. The average molecular weight is 198 g/mol. The maximum atomic E-state index is 11.1. The van der Waals surface area contributed by atoms with Crippen molar-refractivity contribution in [2.75, 3.05) is 6.26 Å². The van der Waals surface area contributed by atoms with E-state index in [2.05, 4.69) is 0 Å². The highest BCUT2D eigenvalue weighted by Crippen LogP contribution is 2.18. The summed E-state index contributed by atoms with van der Waals surface area (Å²) in [5, 5.41) is 7.89. The van der Waals surface area contributed by atoms with Crippen molar-refractivity contribution in [2.24, 2.45) is 0 Å². The number of rotatable bonds is 3. The van der Waals surface area contributed by atoms with Crippen molar-refractivity contribution in [3.8, 4) is 0 Å². The number of aliphatic carboxylic acids is 1. The van der Waals surface area contributed by atoms with Crippen LogP contribution in [0.5, 0.6) is 0 Å². The molecule has 0 heterocycles. The van der Waals surface area contributed by atoms with E-state index in [9.17, 15) is 9.00 Å². The van der Waals surface area contributed by atoms with Crippen LogP contribution in [0.4, 0.5) is 0 Å². The fourth-order valence-corrected chi connectivity index (χ4v) is 1.93. The zero-order valence-corrected chi connectivity index (χ0v) is 7.95. The van der Waals surface area contributed by atoms with Gasteiger partial charge in [0, 0.05) is 17.1 Å². The topological polar surface area (TPSA) is 54.4 Å². The first kappa shape index (κ1) is 9.92. The first-order valence-corrected chi connectivity index (χ1v) is 5.35. The number of carboxylic acid groups (broad SMARTS) is 1. The van der Waals surface area contributed by atoms with Gasteiger partial charge < -0.3 is 5.11 Å². The van der Waals surface area contributed by atoms with Crippen LogP contribution < -0.4 is 0 Å². The SMILES string of the molecule is CS(=O)[C@@H](C(=O)O)c1ccccc1. The van der Waals surface area contributed by atoms with Gasteiger partial charge in [-0.15, -0.1) is 0 Å². The molecule has 1 rings (SSSR count). The van der Waals surface area contributed by atoms with Crippen LogP contribution in [0.3, 0.4) is 0 Å². The summed E-state index contributed by atoms with van der Waals surface area (Å²) < 4.78 is 11.1.